The minimum absolute atomic E-state index is 0.237. The summed E-state index contributed by atoms with van der Waals surface area (Å²) in [6.07, 6.45) is -3.64. The Kier molecular flexibility index (Phi) is 3.44. The molecular formula is C14H16F3NO2. The van der Waals surface area contributed by atoms with Crippen LogP contribution in [0.15, 0.2) is 18.2 Å². The largest absolute Gasteiger partial charge is 0.478 e. The molecular weight excluding hydrogens is 271 g/mol. The SMILES string of the molecule is CC1(C)CC1CNc1ccc(C(=O)O)c(C(F)(F)F)c1. The topological polar surface area (TPSA) is 49.3 Å². The average molecular weight is 287 g/mol. The summed E-state index contributed by atoms with van der Waals surface area (Å²) < 4.78 is 38.5. The van der Waals surface area contributed by atoms with Crippen LogP contribution in [0.25, 0.3) is 0 Å². The third-order valence-corrected chi connectivity index (χ3v) is 3.83. The van der Waals surface area contributed by atoms with Crippen molar-refractivity contribution in [3.8, 4) is 0 Å². The Morgan fingerprint density at radius 2 is 2.05 bits per heavy atom. The van der Waals surface area contributed by atoms with Gasteiger partial charge in [-0.05, 0) is 36.0 Å². The van der Waals surface area contributed by atoms with Crippen LogP contribution in [0.5, 0.6) is 0 Å². The van der Waals surface area contributed by atoms with Gasteiger partial charge in [0.15, 0.2) is 0 Å². The Bertz CT molecular complexity index is 538. The highest BCUT2D eigenvalue weighted by Crippen LogP contribution is 2.51. The molecule has 1 aromatic carbocycles. The van der Waals surface area contributed by atoms with Gasteiger partial charge in [0.1, 0.15) is 0 Å². The second-order valence-electron chi connectivity index (χ2n) is 5.83. The molecule has 1 aliphatic rings. The number of benzene rings is 1. The van der Waals surface area contributed by atoms with Crippen LogP contribution in [-0.4, -0.2) is 17.6 Å². The smallest absolute Gasteiger partial charge is 0.417 e. The number of nitrogens with one attached hydrogen (secondary N) is 1. The van der Waals surface area contributed by atoms with E-state index in [4.69, 9.17) is 5.11 Å². The number of anilines is 1. The predicted molar refractivity (Wildman–Crippen MR) is 68.8 cm³/mol. The first-order valence-electron chi connectivity index (χ1n) is 6.29. The number of rotatable bonds is 4. The summed E-state index contributed by atoms with van der Waals surface area (Å²) in [5, 5.41) is 11.7. The van der Waals surface area contributed by atoms with Gasteiger partial charge in [-0.3, -0.25) is 0 Å². The molecule has 0 amide bonds. The first kappa shape index (κ1) is 14.7. The molecule has 0 saturated heterocycles. The Labute approximate surface area is 114 Å². The second kappa shape index (κ2) is 4.68. The summed E-state index contributed by atoms with van der Waals surface area (Å²) in [7, 11) is 0. The number of carboxylic acid groups (broad SMARTS) is 1. The molecule has 2 rings (SSSR count). The minimum Gasteiger partial charge on any atom is -0.478 e. The van der Waals surface area contributed by atoms with Crippen LogP contribution in [0.4, 0.5) is 18.9 Å². The standard InChI is InChI=1S/C14H16F3NO2/c1-13(2)6-8(13)7-18-9-3-4-10(12(19)20)11(5-9)14(15,16)17/h3-5,8,18H,6-7H2,1-2H3,(H,19,20). The molecule has 20 heavy (non-hydrogen) atoms. The fourth-order valence-corrected chi connectivity index (χ4v) is 2.24. The van der Waals surface area contributed by atoms with Gasteiger partial charge in [-0.15, -0.1) is 0 Å². The summed E-state index contributed by atoms with van der Waals surface area (Å²) in [4.78, 5) is 10.8. The number of halogens is 3. The van der Waals surface area contributed by atoms with Crippen LogP contribution in [0.1, 0.15) is 36.2 Å². The van der Waals surface area contributed by atoms with Crippen molar-refractivity contribution in [3.63, 3.8) is 0 Å². The van der Waals surface area contributed by atoms with E-state index in [1.807, 2.05) is 0 Å². The Hall–Kier alpha value is -1.72. The van der Waals surface area contributed by atoms with E-state index < -0.39 is 23.3 Å². The molecule has 1 unspecified atom stereocenters. The predicted octanol–water partition coefficient (Wildman–Crippen LogP) is 3.86. The van der Waals surface area contributed by atoms with Crippen LogP contribution in [-0.2, 0) is 6.18 Å². The molecule has 110 valence electrons. The number of carbonyl (C=O) groups is 1. The number of hydrogen-bond acceptors (Lipinski definition) is 2. The molecule has 1 aliphatic carbocycles. The van der Waals surface area contributed by atoms with Crippen molar-refractivity contribution in [2.75, 3.05) is 11.9 Å². The summed E-state index contributed by atoms with van der Waals surface area (Å²) >= 11 is 0. The van der Waals surface area contributed by atoms with Gasteiger partial charge in [0.2, 0.25) is 0 Å². The highest BCUT2D eigenvalue weighted by molar-refractivity contribution is 5.90. The molecule has 1 saturated carbocycles. The van der Waals surface area contributed by atoms with Gasteiger partial charge in [0, 0.05) is 12.2 Å². The average Bonchev–Trinajstić information content (AvgIpc) is 2.93. The maximum absolute atomic E-state index is 12.8. The highest BCUT2D eigenvalue weighted by Gasteiger charge is 2.45. The van der Waals surface area contributed by atoms with Gasteiger partial charge in [0.05, 0.1) is 11.1 Å². The Morgan fingerprint density at radius 3 is 2.50 bits per heavy atom. The van der Waals surface area contributed by atoms with E-state index in [9.17, 15) is 18.0 Å². The van der Waals surface area contributed by atoms with Crippen LogP contribution >= 0.6 is 0 Å². The zero-order valence-electron chi connectivity index (χ0n) is 11.2. The van der Waals surface area contributed by atoms with E-state index in [1.54, 1.807) is 0 Å². The molecule has 1 atom stereocenters. The monoisotopic (exact) mass is 287 g/mol. The van der Waals surface area contributed by atoms with Crippen LogP contribution in [0.3, 0.4) is 0 Å². The Morgan fingerprint density at radius 1 is 1.45 bits per heavy atom. The molecule has 1 fully saturated rings. The maximum Gasteiger partial charge on any atom is 0.417 e. The van der Waals surface area contributed by atoms with Crippen LogP contribution < -0.4 is 5.32 Å². The summed E-state index contributed by atoms with van der Waals surface area (Å²) in [6.45, 7) is 4.80. The Balaban J connectivity index is 2.17. The van der Waals surface area contributed by atoms with E-state index in [0.717, 1.165) is 18.6 Å². The van der Waals surface area contributed by atoms with Crippen LogP contribution in [0.2, 0.25) is 0 Å². The first-order chi connectivity index (χ1) is 9.11. The third-order valence-electron chi connectivity index (χ3n) is 3.83. The summed E-state index contributed by atoms with van der Waals surface area (Å²) in [5.74, 6) is -1.14. The zero-order valence-corrected chi connectivity index (χ0v) is 11.2. The lowest BCUT2D eigenvalue weighted by atomic mass is 10.1. The van der Waals surface area contributed by atoms with Gasteiger partial charge >= 0.3 is 12.1 Å². The lowest BCUT2D eigenvalue weighted by Crippen LogP contribution is -2.14. The fourth-order valence-electron chi connectivity index (χ4n) is 2.24. The van der Waals surface area contributed by atoms with Crippen LogP contribution in [0, 0.1) is 11.3 Å². The maximum atomic E-state index is 12.8. The summed E-state index contributed by atoms with van der Waals surface area (Å²) in [5.41, 5.74) is -1.31. The van der Waals surface area contributed by atoms with Gasteiger partial charge < -0.3 is 10.4 Å². The zero-order chi connectivity index (χ0) is 15.1. The third kappa shape index (κ3) is 3.05. The lowest BCUT2D eigenvalue weighted by Gasteiger charge is -2.13. The molecule has 0 aliphatic heterocycles. The fraction of sp³-hybridized carbons (Fsp3) is 0.500. The van der Waals surface area contributed by atoms with Gasteiger partial charge in [-0.25, -0.2) is 4.79 Å². The second-order valence-corrected chi connectivity index (χ2v) is 5.83. The van der Waals surface area contributed by atoms with E-state index >= 15 is 0 Å². The minimum atomic E-state index is -4.68. The van der Waals surface area contributed by atoms with Crippen molar-refractivity contribution < 1.29 is 23.1 Å². The van der Waals surface area contributed by atoms with Crippen molar-refractivity contribution in [3.05, 3.63) is 29.3 Å². The van der Waals surface area contributed by atoms with Crippen molar-refractivity contribution in [1.29, 1.82) is 0 Å². The quantitative estimate of drug-likeness (QED) is 0.884. The number of carboxylic acids is 1. The van der Waals surface area contributed by atoms with Gasteiger partial charge in [0.25, 0.3) is 0 Å². The molecule has 0 radical (unpaired) electrons. The first-order valence-corrected chi connectivity index (χ1v) is 6.29. The molecule has 0 heterocycles. The number of alkyl halides is 3. The van der Waals surface area contributed by atoms with E-state index in [0.29, 0.717) is 18.2 Å². The highest BCUT2D eigenvalue weighted by atomic mass is 19.4. The van der Waals surface area contributed by atoms with Crippen molar-refractivity contribution in [2.24, 2.45) is 11.3 Å². The molecule has 0 aromatic heterocycles. The molecule has 6 heteroatoms. The molecule has 0 spiro atoms. The van der Waals surface area contributed by atoms with Gasteiger partial charge in [-0.1, -0.05) is 13.8 Å². The van der Waals surface area contributed by atoms with E-state index in [2.05, 4.69) is 19.2 Å². The molecule has 0 bridgehead atoms. The number of aromatic carboxylic acids is 1. The normalized spacial score (nSPS) is 20.6. The molecule has 1 aromatic rings. The van der Waals surface area contributed by atoms with Crippen molar-refractivity contribution in [1.82, 2.24) is 0 Å². The van der Waals surface area contributed by atoms with Gasteiger partial charge in [-0.2, -0.15) is 13.2 Å². The summed E-state index contributed by atoms with van der Waals surface area (Å²) in [6, 6.07) is 3.22. The van der Waals surface area contributed by atoms with E-state index in [1.165, 1.54) is 6.07 Å². The van der Waals surface area contributed by atoms with Crippen molar-refractivity contribution in [2.45, 2.75) is 26.4 Å². The lowest BCUT2D eigenvalue weighted by molar-refractivity contribution is -0.138. The molecule has 2 N–H and O–H groups in total. The number of hydrogen-bond donors (Lipinski definition) is 2. The van der Waals surface area contributed by atoms with E-state index in [-0.39, 0.29) is 5.41 Å². The molecule has 3 nitrogen and oxygen atoms in total. The van der Waals surface area contributed by atoms with Crippen molar-refractivity contribution >= 4 is 11.7 Å².